The van der Waals surface area contributed by atoms with Crippen LogP contribution in [0.3, 0.4) is 0 Å². The molecule has 1 aromatic heterocycles. The van der Waals surface area contributed by atoms with Crippen molar-refractivity contribution in [1.29, 1.82) is 0 Å². The predicted octanol–water partition coefficient (Wildman–Crippen LogP) is 4.23. The van der Waals surface area contributed by atoms with Crippen molar-refractivity contribution < 1.29 is 13.9 Å². The summed E-state index contributed by atoms with van der Waals surface area (Å²) in [7, 11) is 0. The molecule has 1 saturated heterocycles. The van der Waals surface area contributed by atoms with E-state index in [-0.39, 0.29) is 17.0 Å². The van der Waals surface area contributed by atoms with Crippen LogP contribution in [0.4, 0.5) is 4.39 Å². The Kier molecular flexibility index (Phi) is 6.32. The minimum Gasteiger partial charge on any atom is -0.494 e. The average molecular weight is 427 g/mol. The van der Waals surface area contributed by atoms with Crippen molar-refractivity contribution >= 4 is 17.7 Å². The quantitative estimate of drug-likeness (QED) is 0.639. The van der Waals surface area contributed by atoms with Crippen LogP contribution in [0.1, 0.15) is 26.2 Å². The van der Waals surface area contributed by atoms with Gasteiger partial charge >= 0.3 is 0 Å². The van der Waals surface area contributed by atoms with Gasteiger partial charge in [0.05, 0.1) is 17.5 Å². The van der Waals surface area contributed by atoms with Gasteiger partial charge in [-0.3, -0.25) is 9.36 Å². The molecule has 2 aromatic carbocycles. The topological polar surface area (TPSA) is 69.0 Å². The summed E-state index contributed by atoms with van der Waals surface area (Å²) >= 11 is 1.33. The molecule has 156 valence electrons. The summed E-state index contributed by atoms with van der Waals surface area (Å²) < 4.78 is 21.9. The van der Waals surface area contributed by atoms with Gasteiger partial charge < -0.3 is 10.1 Å². The smallest absolute Gasteiger partial charge is 0.233 e. The molecule has 1 amide bonds. The Hall–Kier alpha value is -2.87. The van der Waals surface area contributed by atoms with Crippen LogP contribution in [0, 0.1) is 5.82 Å². The summed E-state index contributed by atoms with van der Waals surface area (Å²) in [5.74, 6) is 0.877. The van der Waals surface area contributed by atoms with Crippen molar-refractivity contribution in [3.63, 3.8) is 0 Å². The number of aromatic nitrogens is 3. The fourth-order valence-electron chi connectivity index (χ4n) is 3.40. The lowest BCUT2D eigenvalue weighted by molar-refractivity contribution is -0.120. The molecule has 1 fully saturated rings. The monoisotopic (exact) mass is 426 g/mol. The van der Waals surface area contributed by atoms with Crippen LogP contribution in [-0.4, -0.2) is 39.1 Å². The SMILES string of the molecule is CCOc1ccc(-c2nnc(SC3CCCCNC3=O)n2-c2ccccc2F)cc1. The number of benzene rings is 2. The number of nitrogens with one attached hydrogen (secondary N) is 1. The molecule has 1 unspecified atom stereocenters. The second-order valence-electron chi connectivity index (χ2n) is 6.94. The van der Waals surface area contributed by atoms with E-state index in [4.69, 9.17) is 4.74 Å². The molecule has 6 nitrogen and oxygen atoms in total. The van der Waals surface area contributed by atoms with E-state index in [0.717, 1.165) is 30.6 Å². The third kappa shape index (κ3) is 4.33. The zero-order chi connectivity index (χ0) is 20.9. The zero-order valence-electron chi connectivity index (χ0n) is 16.7. The predicted molar refractivity (Wildman–Crippen MR) is 114 cm³/mol. The first-order valence-electron chi connectivity index (χ1n) is 10.1. The number of nitrogens with zero attached hydrogens (tertiary/aromatic N) is 3. The summed E-state index contributed by atoms with van der Waals surface area (Å²) in [6.07, 6.45) is 2.66. The van der Waals surface area contributed by atoms with E-state index in [1.54, 1.807) is 22.8 Å². The van der Waals surface area contributed by atoms with Crippen LogP contribution in [-0.2, 0) is 4.79 Å². The molecule has 0 spiro atoms. The number of rotatable bonds is 6. The lowest BCUT2D eigenvalue weighted by Crippen LogP contribution is -2.30. The molecule has 1 aliphatic rings. The van der Waals surface area contributed by atoms with Gasteiger partial charge in [0.25, 0.3) is 0 Å². The van der Waals surface area contributed by atoms with Gasteiger partial charge in [0, 0.05) is 12.1 Å². The third-order valence-electron chi connectivity index (χ3n) is 4.88. The van der Waals surface area contributed by atoms with E-state index in [1.807, 2.05) is 31.2 Å². The Balaban J connectivity index is 1.75. The van der Waals surface area contributed by atoms with E-state index >= 15 is 0 Å². The second-order valence-corrected chi connectivity index (χ2v) is 8.11. The first kappa shape index (κ1) is 20.4. The summed E-state index contributed by atoms with van der Waals surface area (Å²) in [6.45, 7) is 3.19. The van der Waals surface area contributed by atoms with Gasteiger partial charge in [-0.15, -0.1) is 10.2 Å². The van der Waals surface area contributed by atoms with E-state index in [2.05, 4.69) is 15.5 Å². The van der Waals surface area contributed by atoms with Gasteiger partial charge in [-0.2, -0.15) is 0 Å². The molecule has 2 heterocycles. The van der Waals surface area contributed by atoms with Crippen molar-refractivity contribution in [3.05, 3.63) is 54.3 Å². The minimum absolute atomic E-state index is 0.0109. The number of ether oxygens (including phenoxy) is 1. The number of halogens is 1. The average Bonchev–Trinajstić information content (AvgIpc) is 3.05. The fourth-order valence-corrected chi connectivity index (χ4v) is 4.51. The van der Waals surface area contributed by atoms with E-state index in [9.17, 15) is 9.18 Å². The summed E-state index contributed by atoms with van der Waals surface area (Å²) in [5, 5.41) is 11.8. The molecule has 0 aliphatic carbocycles. The Morgan fingerprint density at radius 1 is 1.17 bits per heavy atom. The highest BCUT2D eigenvalue weighted by Crippen LogP contribution is 2.33. The van der Waals surface area contributed by atoms with Crippen molar-refractivity contribution in [2.45, 2.75) is 36.6 Å². The van der Waals surface area contributed by atoms with Gasteiger partial charge in [0.1, 0.15) is 11.6 Å². The van der Waals surface area contributed by atoms with Crippen LogP contribution in [0.15, 0.2) is 53.7 Å². The maximum Gasteiger partial charge on any atom is 0.233 e. The molecule has 0 bridgehead atoms. The standard InChI is InChI=1S/C22H23FN4O2S/c1-2-29-16-12-10-15(11-13-16)20-25-26-22(27(20)18-8-4-3-7-17(18)23)30-19-9-5-6-14-24-21(19)28/h3-4,7-8,10-13,19H,2,5-6,9,14H2,1H3,(H,24,28). The molecule has 0 saturated carbocycles. The van der Waals surface area contributed by atoms with Gasteiger partial charge in [-0.05, 0) is 56.2 Å². The Morgan fingerprint density at radius 2 is 1.97 bits per heavy atom. The summed E-state index contributed by atoms with van der Waals surface area (Å²) in [6, 6.07) is 14.0. The van der Waals surface area contributed by atoms with E-state index in [0.29, 0.717) is 29.8 Å². The van der Waals surface area contributed by atoms with E-state index in [1.165, 1.54) is 17.8 Å². The van der Waals surface area contributed by atoms with Crippen LogP contribution in [0.2, 0.25) is 0 Å². The zero-order valence-corrected chi connectivity index (χ0v) is 17.5. The summed E-state index contributed by atoms with van der Waals surface area (Å²) in [5.41, 5.74) is 1.13. The Morgan fingerprint density at radius 3 is 2.73 bits per heavy atom. The highest BCUT2D eigenvalue weighted by Gasteiger charge is 2.26. The molecule has 4 rings (SSSR count). The summed E-state index contributed by atoms with van der Waals surface area (Å²) in [4.78, 5) is 12.4. The molecule has 30 heavy (non-hydrogen) atoms. The van der Waals surface area contributed by atoms with Gasteiger partial charge in [0.2, 0.25) is 5.91 Å². The normalized spacial score (nSPS) is 16.7. The Labute approximate surface area is 178 Å². The third-order valence-corrected chi connectivity index (χ3v) is 6.09. The van der Waals surface area contributed by atoms with Crippen molar-refractivity contribution in [2.24, 2.45) is 0 Å². The molecule has 8 heteroatoms. The lowest BCUT2D eigenvalue weighted by Gasteiger charge is -2.15. The van der Waals surface area contributed by atoms with Crippen LogP contribution >= 0.6 is 11.8 Å². The van der Waals surface area contributed by atoms with Crippen LogP contribution in [0.25, 0.3) is 17.1 Å². The van der Waals surface area contributed by atoms with Gasteiger partial charge in [-0.1, -0.05) is 30.3 Å². The number of amides is 1. The molecule has 1 N–H and O–H groups in total. The van der Waals surface area contributed by atoms with Crippen LogP contribution in [0.5, 0.6) is 5.75 Å². The second kappa shape index (κ2) is 9.30. The first-order chi connectivity index (χ1) is 14.7. The number of hydrogen-bond acceptors (Lipinski definition) is 5. The molecule has 3 aromatic rings. The lowest BCUT2D eigenvalue weighted by atomic mass is 10.2. The van der Waals surface area contributed by atoms with Crippen molar-refractivity contribution in [2.75, 3.05) is 13.2 Å². The number of hydrogen-bond donors (Lipinski definition) is 1. The number of carbonyl (C=O) groups is 1. The fraction of sp³-hybridized carbons (Fsp3) is 0.318. The molecule has 1 atom stereocenters. The molecule has 1 aliphatic heterocycles. The van der Waals surface area contributed by atoms with Crippen molar-refractivity contribution in [3.8, 4) is 22.8 Å². The molecular formula is C22H23FN4O2S. The van der Waals surface area contributed by atoms with Gasteiger partial charge in [-0.25, -0.2) is 4.39 Å². The largest absolute Gasteiger partial charge is 0.494 e. The number of para-hydroxylation sites is 1. The van der Waals surface area contributed by atoms with Crippen molar-refractivity contribution in [1.82, 2.24) is 20.1 Å². The maximum absolute atomic E-state index is 14.7. The first-order valence-corrected chi connectivity index (χ1v) is 10.9. The van der Waals surface area contributed by atoms with Gasteiger partial charge in [0.15, 0.2) is 11.0 Å². The van der Waals surface area contributed by atoms with E-state index < -0.39 is 0 Å². The Bertz CT molecular complexity index is 1020. The minimum atomic E-state index is -0.378. The number of thioether (sulfide) groups is 1. The number of carbonyl (C=O) groups excluding carboxylic acids is 1. The molecular weight excluding hydrogens is 403 g/mol. The molecule has 0 radical (unpaired) electrons. The van der Waals surface area contributed by atoms with Crippen LogP contribution < -0.4 is 10.1 Å². The highest BCUT2D eigenvalue weighted by atomic mass is 32.2. The highest BCUT2D eigenvalue weighted by molar-refractivity contribution is 8.00. The maximum atomic E-state index is 14.7.